The molecule has 0 aromatic carbocycles. The first-order chi connectivity index (χ1) is 42.7. The van der Waals surface area contributed by atoms with Gasteiger partial charge in [0, 0.05) is 32.6 Å². The molecular formula is C86H172N6O. The van der Waals surface area contributed by atoms with E-state index in [1.54, 1.807) is 19.8 Å². The summed E-state index contributed by atoms with van der Waals surface area (Å²) in [7, 11) is 4.44. The number of amides is 1. The second-order valence-corrected chi connectivity index (χ2v) is 41.6. The van der Waals surface area contributed by atoms with Crippen molar-refractivity contribution in [3.63, 3.8) is 0 Å². The zero-order valence-electron chi connectivity index (χ0n) is 68.9. The summed E-state index contributed by atoms with van der Waals surface area (Å²) in [6.07, 6.45) is 37.4. The van der Waals surface area contributed by atoms with Crippen LogP contribution < -0.4 is 5.32 Å². The monoisotopic (exact) mass is 1310 g/mol. The van der Waals surface area contributed by atoms with E-state index < -0.39 is 0 Å². The van der Waals surface area contributed by atoms with Crippen molar-refractivity contribution in [3.8, 4) is 0 Å². The van der Waals surface area contributed by atoms with Crippen molar-refractivity contribution < 1.29 is 4.79 Å². The van der Waals surface area contributed by atoms with Crippen LogP contribution in [0.1, 0.15) is 347 Å². The van der Waals surface area contributed by atoms with Gasteiger partial charge in [-0.1, -0.05) is 205 Å². The second-order valence-electron chi connectivity index (χ2n) is 41.6. The highest BCUT2D eigenvalue weighted by Crippen LogP contribution is 2.55. The largest absolute Gasteiger partial charge is 0.343 e. The molecule has 6 saturated heterocycles. The van der Waals surface area contributed by atoms with E-state index >= 15 is 0 Å². The Morgan fingerprint density at radius 3 is 0.978 bits per heavy atom. The summed E-state index contributed by atoms with van der Waals surface area (Å²) in [5, 5.41) is 3.44. The average Bonchev–Trinajstić information content (AvgIpc) is 1.33. The topological polar surface area (TPSA) is 45.3 Å². The number of nitrogens with zero attached hydrogens (tertiary/aromatic N) is 5. The molecule has 93 heavy (non-hydrogen) atoms. The van der Waals surface area contributed by atoms with Gasteiger partial charge in [0.2, 0.25) is 5.91 Å². The summed E-state index contributed by atoms with van der Waals surface area (Å²) >= 11 is 0. The number of likely N-dealkylation sites (tertiary alicyclic amines) is 5. The molecule has 1 N–H and O–H groups in total. The smallest absolute Gasteiger partial charge is 0.219 e. The molecule has 7 nitrogen and oxygen atoms in total. The van der Waals surface area contributed by atoms with Gasteiger partial charge in [-0.25, -0.2) is 0 Å². The fourth-order valence-electron chi connectivity index (χ4n) is 17.4. The molecule has 2 unspecified atom stereocenters. The van der Waals surface area contributed by atoms with E-state index in [2.05, 4.69) is 212 Å². The molecule has 0 aromatic rings. The Bertz CT molecular complexity index is 1880. The van der Waals surface area contributed by atoms with Crippen LogP contribution in [0.4, 0.5) is 0 Å². The number of piperidine rings is 5. The molecule has 7 heteroatoms. The molecule has 6 aliphatic heterocycles. The van der Waals surface area contributed by atoms with Crippen molar-refractivity contribution >= 4 is 5.91 Å². The molecule has 10 fully saturated rings. The van der Waals surface area contributed by atoms with Gasteiger partial charge in [0.15, 0.2) is 0 Å². The minimum Gasteiger partial charge on any atom is -0.343 e. The summed E-state index contributed by atoms with van der Waals surface area (Å²) in [4.78, 5) is 23.2. The van der Waals surface area contributed by atoms with E-state index in [1.165, 1.54) is 226 Å². The number of carbonyl (C=O) groups excluding carboxylic acids is 1. The third-order valence-corrected chi connectivity index (χ3v) is 26.4. The highest BCUT2D eigenvalue weighted by Gasteiger charge is 2.42. The van der Waals surface area contributed by atoms with Crippen molar-refractivity contribution in [3.05, 3.63) is 0 Å². The van der Waals surface area contributed by atoms with E-state index in [-0.39, 0.29) is 5.91 Å². The third-order valence-electron chi connectivity index (χ3n) is 26.4. The summed E-state index contributed by atoms with van der Waals surface area (Å²) in [6, 6.07) is 0.968. The van der Waals surface area contributed by atoms with E-state index in [1.807, 2.05) is 4.90 Å². The van der Waals surface area contributed by atoms with Gasteiger partial charge in [0.25, 0.3) is 0 Å². The van der Waals surface area contributed by atoms with Gasteiger partial charge in [-0.3, -0.25) is 4.79 Å². The van der Waals surface area contributed by atoms with Crippen molar-refractivity contribution in [2.75, 3.05) is 99.2 Å². The van der Waals surface area contributed by atoms with Crippen LogP contribution in [0.5, 0.6) is 0 Å². The van der Waals surface area contributed by atoms with Gasteiger partial charge < -0.3 is 29.8 Å². The van der Waals surface area contributed by atoms with Crippen LogP contribution in [0.25, 0.3) is 0 Å². The molecule has 1 spiro atoms. The highest BCUT2D eigenvalue weighted by atomic mass is 16.2. The maximum atomic E-state index is 11.1. The lowest BCUT2D eigenvalue weighted by Gasteiger charge is -2.49. The third kappa shape index (κ3) is 33.1. The quantitative estimate of drug-likeness (QED) is 0.297. The van der Waals surface area contributed by atoms with E-state index in [0.29, 0.717) is 43.3 Å². The Morgan fingerprint density at radius 1 is 0.355 bits per heavy atom. The van der Waals surface area contributed by atoms with Crippen LogP contribution in [0, 0.1) is 96.1 Å². The molecule has 1 amide bonds. The zero-order valence-corrected chi connectivity index (χ0v) is 68.9. The van der Waals surface area contributed by atoms with E-state index in [0.717, 1.165) is 71.9 Å². The standard InChI is InChI=1S/C13H25N.C13H24.C11H21NO.C11H23N.C10H21N.C10H20.2C9H19N/c1-13(2,3)11-7-9-14(10-8-11)12-5-4-6-12;1-12(2,3)11-5-9-13(10-6-11)7-4-8-13;1-9(13)12-7-5-10(6-8-12)11(2,3)4;1-5-12-8-6-10(7-9-12)11(2,3)4;1-10(2,3)9-5-7-11(4)8-6-9;1-10(2,3)9-7-5-4-6-8-9;1-9(2,3)8-5-6-10(4)7-8;1-9(2,3)8-5-4-6-10-7-8/h11-12H,4-10H2,1-3H3;11H,4-10H2,1-3H3;10H,5-8H2,1-4H3;10H,5-9H2,1-4H3;9H,5-8H2,1-4H3;9H,4-8H2,1-3H3;8H,5-7H2,1-4H3;8,10H,4-7H2,1-3H3. The number of carbonyl (C=O) groups is 1. The molecular weight excluding hydrogens is 1130 g/mol. The van der Waals surface area contributed by atoms with Gasteiger partial charge in [0.1, 0.15) is 0 Å². The van der Waals surface area contributed by atoms with Gasteiger partial charge in [0.05, 0.1) is 0 Å². The summed E-state index contributed by atoms with van der Waals surface area (Å²) in [6.45, 7) is 76.8. The van der Waals surface area contributed by atoms with Gasteiger partial charge in [-0.15, -0.1) is 0 Å². The molecule has 0 aromatic heterocycles. The van der Waals surface area contributed by atoms with Crippen molar-refractivity contribution in [2.24, 2.45) is 96.1 Å². The van der Waals surface area contributed by atoms with Crippen LogP contribution >= 0.6 is 0 Å². The second kappa shape index (κ2) is 38.9. The fraction of sp³-hybridized carbons (Fsp3) is 0.988. The maximum Gasteiger partial charge on any atom is 0.219 e. The molecule has 0 radical (unpaired) electrons. The van der Waals surface area contributed by atoms with Crippen molar-refractivity contribution in [1.82, 2.24) is 29.8 Å². The molecule has 552 valence electrons. The molecule has 4 aliphatic carbocycles. The van der Waals surface area contributed by atoms with Crippen molar-refractivity contribution in [2.45, 2.75) is 353 Å². The summed E-state index contributed by atoms with van der Waals surface area (Å²) < 4.78 is 0. The molecule has 0 bridgehead atoms. The maximum absolute atomic E-state index is 11.1. The van der Waals surface area contributed by atoms with Crippen LogP contribution in [-0.2, 0) is 4.79 Å². The van der Waals surface area contributed by atoms with E-state index in [9.17, 15) is 4.79 Å². The summed E-state index contributed by atoms with van der Waals surface area (Å²) in [5.41, 5.74) is 5.00. The van der Waals surface area contributed by atoms with Gasteiger partial charge in [-0.2, -0.15) is 0 Å². The Hall–Kier alpha value is -0.730. The van der Waals surface area contributed by atoms with Gasteiger partial charge >= 0.3 is 0 Å². The minimum absolute atomic E-state index is 0.229. The fourth-order valence-corrected chi connectivity index (χ4v) is 17.4. The SMILES string of the molecule is CC(=O)N1CCC(C(C)(C)C)CC1.CC(C)(C)C1CCC2(CCC2)CC1.CC(C)(C)C1CCCCC1.CC(C)(C)C1CCCNC1.CC(C)(C)C1CCN(C2CCC2)CC1.CCN1CCC(C(C)(C)C)CC1.CN1CCC(C(C)(C)C)C1.CN1CCC(C(C)(C)C)CC1. The minimum atomic E-state index is 0.229. The molecule has 10 aliphatic rings. The van der Waals surface area contributed by atoms with Crippen LogP contribution in [0.3, 0.4) is 0 Å². The zero-order chi connectivity index (χ0) is 70.4. The average molecular weight is 1310 g/mol. The molecule has 2 atom stereocenters. The number of hydrogen-bond acceptors (Lipinski definition) is 6. The first-order valence-electron chi connectivity index (χ1n) is 40.5. The lowest BCUT2D eigenvalue weighted by molar-refractivity contribution is -0.130. The molecule has 4 saturated carbocycles. The van der Waals surface area contributed by atoms with Crippen LogP contribution in [0.15, 0.2) is 0 Å². The molecule has 10 rings (SSSR count). The number of rotatable bonds is 2. The highest BCUT2D eigenvalue weighted by molar-refractivity contribution is 5.73. The number of hydrogen-bond donors (Lipinski definition) is 1. The normalized spacial score (nSPS) is 25.6. The Balaban J connectivity index is 0.000000278. The Kier molecular flexibility index (Phi) is 36.2. The molecule has 6 heterocycles. The first kappa shape index (κ1) is 86.5. The van der Waals surface area contributed by atoms with E-state index in [4.69, 9.17) is 0 Å². The predicted octanol–water partition coefficient (Wildman–Crippen LogP) is 22.7. The lowest BCUT2D eigenvalue weighted by Crippen LogP contribution is -2.46. The van der Waals surface area contributed by atoms with Crippen LogP contribution in [0.2, 0.25) is 0 Å². The summed E-state index contributed by atoms with van der Waals surface area (Å²) in [5.74, 6) is 7.66. The Labute approximate surface area is 585 Å². The lowest BCUT2D eigenvalue weighted by atomic mass is 9.56. The van der Waals surface area contributed by atoms with Crippen molar-refractivity contribution in [1.29, 1.82) is 0 Å². The first-order valence-corrected chi connectivity index (χ1v) is 40.5. The van der Waals surface area contributed by atoms with Crippen LogP contribution in [-0.4, -0.2) is 136 Å². The Morgan fingerprint density at radius 2 is 0.699 bits per heavy atom. The van der Waals surface area contributed by atoms with Gasteiger partial charge in [-0.05, 0) is 310 Å². The predicted molar refractivity (Wildman–Crippen MR) is 414 cm³/mol. The number of nitrogens with one attached hydrogen (secondary N) is 1.